The molecule has 1 heterocycles. The molecule has 7 aliphatic carbocycles. The fourth-order valence-electron chi connectivity index (χ4n) is 14.0. The van der Waals surface area contributed by atoms with E-state index in [9.17, 15) is 18.3 Å². The number of allylic oxidation sites excluding steroid dienone is 4. The summed E-state index contributed by atoms with van der Waals surface area (Å²) in [5.41, 5.74) is 4.46. The van der Waals surface area contributed by atoms with E-state index in [-0.39, 0.29) is 17.4 Å². The maximum absolute atomic E-state index is 11.9. The highest BCUT2D eigenvalue weighted by Gasteiger charge is 2.68. The summed E-state index contributed by atoms with van der Waals surface area (Å²) in [5.74, 6) is 4.21. The molecule has 0 aromatic heterocycles. The topological polar surface area (TPSA) is 86.7 Å². The Bertz CT molecular complexity index is 1410. The van der Waals surface area contributed by atoms with Gasteiger partial charge in [-0.2, -0.15) is 0 Å². The quantitative estimate of drug-likeness (QED) is 0.353. The van der Waals surface area contributed by atoms with Crippen molar-refractivity contribution < 1.29 is 18.3 Å². The highest BCUT2D eigenvalue weighted by molar-refractivity contribution is 7.91. The maximum Gasteiger partial charge on any atom is 0.307 e. The van der Waals surface area contributed by atoms with Gasteiger partial charge in [-0.25, -0.2) is 8.42 Å². The van der Waals surface area contributed by atoms with Gasteiger partial charge in [-0.1, -0.05) is 46.3 Å². The first-order valence-electron chi connectivity index (χ1n) is 18.6. The Balaban J connectivity index is 0.982. The Kier molecular flexibility index (Phi) is 7.20. The molecule has 0 radical (unpaired) electrons. The first-order valence-corrected chi connectivity index (χ1v) is 20.5. The molecule has 6 nitrogen and oxygen atoms in total. The van der Waals surface area contributed by atoms with E-state index in [0.717, 1.165) is 43.2 Å². The molecule has 7 heteroatoms. The maximum atomic E-state index is 11.9. The van der Waals surface area contributed by atoms with E-state index in [1.807, 2.05) is 0 Å². The van der Waals surface area contributed by atoms with Crippen LogP contribution in [0.1, 0.15) is 98.3 Å². The van der Waals surface area contributed by atoms with Crippen LogP contribution in [-0.2, 0) is 14.6 Å². The number of rotatable bonds is 6. The highest BCUT2D eigenvalue weighted by Crippen LogP contribution is 2.75. The number of carboxylic acid groups (broad SMARTS) is 1. The van der Waals surface area contributed by atoms with Crippen LogP contribution in [0.3, 0.4) is 0 Å². The second-order valence-electron chi connectivity index (χ2n) is 18.0. The van der Waals surface area contributed by atoms with E-state index >= 15 is 0 Å². The zero-order valence-electron chi connectivity index (χ0n) is 28.3. The molecule has 45 heavy (non-hydrogen) atoms. The van der Waals surface area contributed by atoms with Crippen LogP contribution in [0.5, 0.6) is 0 Å². The molecule has 0 spiro atoms. The molecule has 0 aromatic carbocycles. The predicted molar refractivity (Wildman–Crippen MR) is 178 cm³/mol. The molecular weight excluding hydrogens is 580 g/mol. The Morgan fingerprint density at radius 2 is 1.76 bits per heavy atom. The number of aliphatic carboxylic acids is 1. The third-order valence-electron chi connectivity index (χ3n) is 16.6. The second kappa shape index (κ2) is 10.4. The molecule has 6 fully saturated rings. The Morgan fingerprint density at radius 1 is 0.978 bits per heavy atom. The van der Waals surface area contributed by atoms with Crippen molar-refractivity contribution in [3.8, 4) is 0 Å². The molecule has 10 unspecified atom stereocenters. The molecule has 5 saturated carbocycles. The lowest BCUT2D eigenvalue weighted by atomic mass is 9.34. The Labute approximate surface area is 272 Å². The number of hydrogen-bond acceptors (Lipinski definition) is 5. The minimum atomic E-state index is -2.82. The zero-order valence-corrected chi connectivity index (χ0v) is 29.1. The highest BCUT2D eigenvalue weighted by atomic mass is 32.2. The molecular formula is C38H58N2O4S. The number of hydrogen-bond donors (Lipinski definition) is 2. The van der Waals surface area contributed by atoms with Crippen LogP contribution < -0.4 is 5.32 Å². The lowest BCUT2D eigenvalue weighted by molar-refractivity contribution is -0.212. The lowest BCUT2D eigenvalue weighted by Gasteiger charge is -2.71. The molecule has 8 rings (SSSR count). The van der Waals surface area contributed by atoms with Gasteiger partial charge in [0.05, 0.1) is 17.4 Å². The number of nitrogens with one attached hydrogen (secondary N) is 1. The van der Waals surface area contributed by atoms with Crippen LogP contribution in [0.4, 0.5) is 0 Å². The predicted octanol–water partition coefficient (Wildman–Crippen LogP) is 6.34. The van der Waals surface area contributed by atoms with Crippen molar-refractivity contribution in [3.63, 3.8) is 0 Å². The zero-order chi connectivity index (χ0) is 31.6. The van der Waals surface area contributed by atoms with E-state index < -0.39 is 15.8 Å². The monoisotopic (exact) mass is 638 g/mol. The summed E-state index contributed by atoms with van der Waals surface area (Å²) in [6.07, 6.45) is 19.3. The van der Waals surface area contributed by atoms with Crippen LogP contribution >= 0.6 is 0 Å². The van der Waals surface area contributed by atoms with Crippen LogP contribution in [0, 0.1) is 63.6 Å². The average Bonchev–Trinajstić information content (AvgIpc) is 3.28. The molecule has 0 amide bonds. The van der Waals surface area contributed by atoms with Crippen LogP contribution in [0.2, 0.25) is 0 Å². The molecule has 0 aromatic rings. The molecule has 1 aliphatic heterocycles. The van der Waals surface area contributed by atoms with Gasteiger partial charge in [0, 0.05) is 31.7 Å². The van der Waals surface area contributed by atoms with E-state index in [0.29, 0.717) is 52.7 Å². The first kappa shape index (κ1) is 31.1. The summed E-state index contributed by atoms with van der Waals surface area (Å²) in [4.78, 5) is 13.9. The average molecular weight is 639 g/mol. The van der Waals surface area contributed by atoms with Crippen LogP contribution in [0.15, 0.2) is 23.3 Å². The van der Waals surface area contributed by atoms with Gasteiger partial charge in [0.15, 0.2) is 9.84 Å². The fraction of sp³-hybridized carbons (Fsp3) is 0.868. The third kappa shape index (κ3) is 4.51. The number of sulfone groups is 1. The minimum Gasteiger partial charge on any atom is -0.481 e. The van der Waals surface area contributed by atoms with Crippen molar-refractivity contribution in [2.24, 2.45) is 63.6 Å². The Morgan fingerprint density at radius 3 is 2.47 bits per heavy atom. The minimum absolute atomic E-state index is 0.120. The SMILES string of the molecule is CC1C(C2=CC3C(C2)C3C(=O)O)=CCC2(C)C1CCC1(C)C2CCC2[C@H]3CCCC3(NCCN3CCS(=O)(=O)CC3)CC[C@]21C. The normalized spacial score (nSPS) is 51.6. The van der Waals surface area contributed by atoms with E-state index in [4.69, 9.17) is 0 Å². The molecule has 12 atom stereocenters. The standard InChI is InChI=1S/C38H58N2O4S/c1-24-26(25-22-27-28(23-25)33(27)34(41)42)9-12-35(2)29(24)10-13-37(4)32(35)8-7-30-31-6-5-11-38(31,15-14-36(30,37)3)39-16-17-40-18-20-45(43,44)21-19-40/h9,22,24,27-33,39H,5-8,10-21,23H2,1-4H3,(H,41,42)/t24?,27?,28?,29?,30?,31-,32?,33?,35?,36-,37?,38?/m1/s1. The summed E-state index contributed by atoms with van der Waals surface area (Å²) in [5, 5.41) is 13.7. The first-order chi connectivity index (χ1) is 21.3. The van der Waals surface area contributed by atoms with Gasteiger partial charge in [-0.05, 0) is 133 Å². The van der Waals surface area contributed by atoms with Gasteiger partial charge in [0.1, 0.15) is 0 Å². The van der Waals surface area contributed by atoms with Crippen molar-refractivity contribution in [1.29, 1.82) is 0 Å². The van der Waals surface area contributed by atoms with E-state index in [1.54, 1.807) is 5.57 Å². The number of fused-ring (bicyclic) bond motifs is 8. The summed E-state index contributed by atoms with van der Waals surface area (Å²) in [6, 6.07) is 0. The Hall–Kier alpha value is -1.18. The van der Waals surface area contributed by atoms with Crippen molar-refractivity contribution >= 4 is 15.8 Å². The van der Waals surface area contributed by atoms with Crippen LogP contribution in [-0.4, -0.2) is 67.6 Å². The number of nitrogens with zero attached hydrogens (tertiary/aromatic N) is 1. The third-order valence-corrected chi connectivity index (χ3v) is 18.2. The van der Waals surface area contributed by atoms with Crippen molar-refractivity contribution in [2.75, 3.05) is 37.7 Å². The number of carboxylic acids is 1. The molecule has 2 N–H and O–H groups in total. The lowest BCUT2D eigenvalue weighted by Crippen LogP contribution is -2.67. The summed E-state index contributed by atoms with van der Waals surface area (Å²) < 4.78 is 23.8. The molecule has 1 saturated heterocycles. The van der Waals surface area contributed by atoms with E-state index in [1.165, 1.54) is 69.8 Å². The molecule has 8 aliphatic rings. The van der Waals surface area contributed by atoms with Gasteiger partial charge in [0.25, 0.3) is 0 Å². The van der Waals surface area contributed by atoms with Crippen molar-refractivity contribution in [1.82, 2.24) is 10.2 Å². The summed E-state index contributed by atoms with van der Waals surface area (Å²) in [6.45, 7) is 14.0. The summed E-state index contributed by atoms with van der Waals surface area (Å²) in [7, 11) is -2.82. The molecule has 250 valence electrons. The van der Waals surface area contributed by atoms with Gasteiger partial charge >= 0.3 is 5.97 Å². The van der Waals surface area contributed by atoms with Crippen molar-refractivity contribution in [2.45, 2.75) is 104 Å². The second-order valence-corrected chi connectivity index (χ2v) is 20.3. The smallest absolute Gasteiger partial charge is 0.307 e. The van der Waals surface area contributed by atoms with Crippen LogP contribution in [0.25, 0.3) is 0 Å². The fourth-order valence-corrected chi connectivity index (χ4v) is 15.3. The van der Waals surface area contributed by atoms with Gasteiger partial charge in [-0.3, -0.25) is 4.79 Å². The van der Waals surface area contributed by atoms with Gasteiger partial charge in [0.2, 0.25) is 0 Å². The number of carbonyl (C=O) groups is 1. The van der Waals surface area contributed by atoms with Gasteiger partial charge < -0.3 is 15.3 Å². The van der Waals surface area contributed by atoms with E-state index in [2.05, 4.69) is 50.1 Å². The van der Waals surface area contributed by atoms with Gasteiger partial charge in [-0.15, -0.1) is 0 Å². The van der Waals surface area contributed by atoms with Crippen molar-refractivity contribution in [3.05, 3.63) is 23.3 Å². The molecule has 0 bridgehead atoms. The largest absolute Gasteiger partial charge is 0.481 e. The summed E-state index contributed by atoms with van der Waals surface area (Å²) >= 11 is 0.